The molecule has 1 atom stereocenters. The van der Waals surface area contributed by atoms with Crippen LogP contribution in [0.4, 0.5) is 0 Å². The number of nitrogens with two attached hydrogens (primary N) is 1. The molecule has 2 rings (SSSR count). The fourth-order valence-corrected chi connectivity index (χ4v) is 1.24. The summed E-state index contributed by atoms with van der Waals surface area (Å²) >= 11 is 0. The molecule has 0 radical (unpaired) electrons. The van der Waals surface area contributed by atoms with Crippen molar-refractivity contribution in [1.29, 1.82) is 0 Å². The number of nitrogens with zero attached hydrogens (tertiary/aromatic N) is 1. The summed E-state index contributed by atoms with van der Waals surface area (Å²) in [5.41, 5.74) is 8.90. The Bertz CT molecular complexity index is 389. The SMILES string of the molecule is C[C@@H](N)c1ccc2nc[nH]c2c1. The summed E-state index contributed by atoms with van der Waals surface area (Å²) < 4.78 is 0. The van der Waals surface area contributed by atoms with E-state index >= 15 is 0 Å². The van der Waals surface area contributed by atoms with Crippen LogP contribution < -0.4 is 5.73 Å². The molecular weight excluding hydrogens is 150 g/mol. The summed E-state index contributed by atoms with van der Waals surface area (Å²) in [7, 11) is 0. The highest BCUT2D eigenvalue weighted by atomic mass is 14.9. The van der Waals surface area contributed by atoms with E-state index < -0.39 is 0 Å². The molecule has 3 N–H and O–H groups in total. The van der Waals surface area contributed by atoms with Crippen LogP contribution in [0.2, 0.25) is 0 Å². The summed E-state index contributed by atoms with van der Waals surface area (Å²) in [6, 6.07) is 6.10. The molecule has 0 saturated heterocycles. The van der Waals surface area contributed by atoms with Gasteiger partial charge in [-0.1, -0.05) is 6.07 Å². The van der Waals surface area contributed by atoms with Gasteiger partial charge in [0.1, 0.15) is 0 Å². The van der Waals surface area contributed by atoms with E-state index in [-0.39, 0.29) is 6.04 Å². The van der Waals surface area contributed by atoms with Crippen molar-refractivity contribution >= 4 is 11.0 Å². The minimum atomic E-state index is 0.0812. The fourth-order valence-electron chi connectivity index (χ4n) is 1.24. The average Bonchev–Trinajstić information content (AvgIpc) is 2.49. The highest BCUT2D eigenvalue weighted by Crippen LogP contribution is 2.15. The molecule has 0 aliphatic heterocycles. The molecule has 2 aromatic rings. The highest BCUT2D eigenvalue weighted by molar-refractivity contribution is 5.75. The van der Waals surface area contributed by atoms with Crippen LogP contribution in [0.1, 0.15) is 18.5 Å². The number of hydrogen-bond donors (Lipinski definition) is 2. The van der Waals surface area contributed by atoms with E-state index in [2.05, 4.69) is 9.97 Å². The van der Waals surface area contributed by atoms with Gasteiger partial charge in [-0.3, -0.25) is 0 Å². The molecule has 0 aliphatic carbocycles. The predicted octanol–water partition coefficient (Wildman–Crippen LogP) is 1.58. The van der Waals surface area contributed by atoms with Gasteiger partial charge in [0.05, 0.1) is 17.4 Å². The Hall–Kier alpha value is -1.35. The maximum Gasteiger partial charge on any atom is 0.0931 e. The Morgan fingerprint density at radius 2 is 2.33 bits per heavy atom. The third-order valence-corrected chi connectivity index (χ3v) is 1.97. The van der Waals surface area contributed by atoms with Crippen LogP contribution in [0.15, 0.2) is 24.5 Å². The van der Waals surface area contributed by atoms with Crippen molar-refractivity contribution < 1.29 is 0 Å². The van der Waals surface area contributed by atoms with Gasteiger partial charge in [-0.2, -0.15) is 0 Å². The van der Waals surface area contributed by atoms with Crippen molar-refractivity contribution in [3.8, 4) is 0 Å². The van der Waals surface area contributed by atoms with E-state index in [9.17, 15) is 0 Å². The first-order chi connectivity index (χ1) is 5.77. The summed E-state index contributed by atoms with van der Waals surface area (Å²) in [6.07, 6.45) is 1.69. The number of nitrogens with one attached hydrogen (secondary N) is 1. The lowest BCUT2D eigenvalue weighted by Gasteiger charge is -2.03. The highest BCUT2D eigenvalue weighted by Gasteiger charge is 2.01. The molecule has 62 valence electrons. The zero-order valence-corrected chi connectivity index (χ0v) is 6.91. The third-order valence-electron chi connectivity index (χ3n) is 1.97. The van der Waals surface area contributed by atoms with Gasteiger partial charge in [-0.25, -0.2) is 4.98 Å². The Morgan fingerprint density at radius 1 is 1.50 bits per heavy atom. The van der Waals surface area contributed by atoms with Crippen LogP contribution in [0.5, 0.6) is 0 Å². The van der Waals surface area contributed by atoms with Crippen molar-refractivity contribution in [3.63, 3.8) is 0 Å². The van der Waals surface area contributed by atoms with Gasteiger partial charge in [0.2, 0.25) is 0 Å². The zero-order valence-electron chi connectivity index (χ0n) is 6.91. The lowest BCUT2D eigenvalue weighted by atomic mass is 10.1. The summed E-state index contributed by atoms with van der Waals surface area (Å²) in [4.78, 5) is 7.17. The Kier molecular flexibility index (Phi) is 1.59. The second-order valence-corrected chi connectivity index (χ2v) is 2.97. The molecule has 3 heteroatoms. The second-order valence-electron chi connectivity index (χ2n) is 2.97. The van der Waals surface area contributed by atoms with Crippen LogP contribution in [-0.4, -0.2) is 9.97 Å². The molecule has 0 saturated carbocycles. The van der Waals surface area contributed by atoms with Gasteiger partial charge in [0.15, 0.2) is 0 Å². The van der Waals surface area contributed by atoms with E-state index in [1.165, 1.54) is 0 Å². The number of aromatic nitrogens is 2. The van der Waals surface area contributed by atoms with E-state index in [4.69, 9.17) is 5.73 Å². The molecule has 0 aliphatic rings. The summed E-state index contributed by atoms with van der Waals surface area (Å²) in [6.45, 7) is 1.97. The third kappa shape index (κ3) is 1.08. The summed E-state index contributed by atoms with van der Waals surface area (Å²) in [5.74, 6) is 0. The topological polar surface area (TPSA) is 54.7 Å². The van der Waals surface area contributed by atoms with Gasteiger partial charge in [0, 0.05) is 6.04 Å². The molecule has 1 aromatic carbocycles. The first-order valence-electron chi connectivity index (χ1n) is 3.96. The molecular formula is C9H11N3. The van der Waals surface area contributed by atoms with E-state index in [1.807, 2.05) is 25.1 Å². The molecule has 0 spiro atoms. The largest absolute Gasteiger partial charge is 0.345 e. The van der Waals surface area contributed by atoms with E-state index in [0.717, 1.165) is 16.6 Å². The first-order valence-corrected chi connectivity index (χ1v) is 3.96. The quantitative estimate of drug-likeness (QED) is 0.667. The normalized spacial score (nSPS) is 13.5. The maximum absolute atomic E-state index is 5.74. The number of rotatable bonds is 1. The second kappa shape index (κ2) is 2.60. The monoisotopic (exact) mass is 161 g/mol. The minimum Gasteiger partial charge on any atom is -0.345 e. The van der Waals surface area contributed by atoms with Crippen LogP contribution in [-0.2, 0) is 0 Å². The number of H-pyrrole nitrogens is 1. The molecule has 1 heterocycles. The van der Waals surface area contributed by atoms with E-state index in [0.29, 0.717) is 0 Å². The Labute approximate surface area is 70.6 Å². The van der Waals surface area contributed by atoms with Gasteiger partial charge < -0.3 is 10.7 Å². The fraction of sp³-hybridized carbons (Fsp3) is 0.222. The van der Waals surface area contributed by atoms with Gasteiger partial charge >= 0.3 is 0 Å². The number of imidazole rings is 1. The van der Waals surface area contributed by atoms with Crippen molar-refractivity contribution in [2.45, 2.75) is 13.0 Å². The van der Waals surface area contributed by atoms with Crippen molar-refractivity contribution in [2.24, 2.45) is 5.73 Å². The Balaban J connectivity index is 2.60. The number of benzene rings is 1. The average molecular weight is 161 g/mol. The van der Waals surface area contributed by atoms with Crippen LogP contribution in [0.3, 0.4) is 0 Å². The van der Waals surface area contributed by atoms with Gasteiger partial charge in [-0.15, -0.1) is 0 Å². The zero-order chi connectivity index (χ0) is 8.55. The smallest absolute Gasteiger partial charge is 0.0931 e. The maximum atomic E-state index is 5.74. The van der Waals surface area contributed by atoms with Crippen LogP contribution in [0.25, 0.3) is 11.0 Å². The van der Waals surface area contributed by atoms with Crippen molar-refractivity contribution in [3.05, 3.63) is 30.1 Å². The van der Waals surface area contributed by atoms with Gasteiger partial charge in [-0.05, 0) is 24.6 Å². The predicted molar refractivity (Wildman–Crippen MR) is 48.7 cm³/mol. The summed E-state index contributed by atoms with van der Waals surface area (Å²) in [5, 5.41) is 0. The lowest BCUT2D eigenvalue weighted by molar-refractivity contribution is 0.819. The minimum absolute atomic E-state index is 0.0812. The molecule has 12 heavy (non-hydrogen) atoms. The van der Waals surface area contributed by atoms with E-state index in [1.54, 1.807) is 6.33 Å². The van der Waals surface area contributed by atoms with Crippen LogP contribution >= 0.6 is 0 Å². The molecule has 1 aromatic heterocycles. The molecule has 0 bridgehead atoms. The molecule has 0 fully saturated rings. The number of fused-ring (bicyclic) bond motifs is 1. The van der Waals surface area contributed by atoms with Crippen molar-refractivity contribution in [1.82, 2.24) is 9.97 Å². The van der Waals surface area contributed by atoms with Gasteiger partial charge in [0.25, 0.3) is 0 Å². The molecule has 0 unspecified atom stereocenters. The first kappa shape index (κ1) is 7.31. The number of hydrogen-bond acceptors (Lipinski definition) is 2. The Morgan fingerprint density at radius 3 is 3.08 bits per heavy atom. The van der Waals surface area contributed by atoms with Crippen LogP contribution in [0, 0.1) is 0 Å². The molecule has 3 nitrogen and oxygen atoms in total. The standard InChI is InChI=1S/C9H11N3/c1-6(10)7-2-3-8-9(4-7)12-5-11-8/h2-6H,10H2,1H3,(H,11,12)/t6-/m1/s1. The number of aromatic amines is 1. The van der Waals surface area contributed by atoms with Crippen molar-refractivity contribution in [2.75, 3.05) is 0 Å². The molecule has 0 amide bonds. The lowest BCUT2D eigenvalue weighted by Crippen LogP contribution is -2.04.